The second-order valence-electron chi connectivity index (χ2n) is 9.85. The number of benzene rings is 3. The maximum absolute atomic E-state index is 15.0. The van der Waals surface area contributed by atoms with Crippen molar-refractivity contribution in [3.63, 3.8) is 0 Å². The van der Waals surface area contributed by atoms with E-state index in [9.17, 15) is 18.0 Å². The molecule has 0 spiro atoms. The number of rotatable bonds is 13. The smallest absolute Gasteiger partial charge is 0.264 e. The number of amides is 2. The molecule has 214 valence electrons. The first-order valence-corrected chi connectivity index (χ1v) is 15.0. The molecule has 3 aromatic carbocycles. The predicted octanol–water partition coefficient (Wildman–Crippen LogP) is 5.36. The van der Waals surface area contributed by atoms with Gasteiger partial charge in [0.2, 0.25) is 11.8 Å². The molecule has 3 aromatic rings. The average Bonchev–Trinajstić information content (AvgIpc) is 2.93. The Balaban J connectivity index is 2.04. The van der Waals surface area contributed by atoms with Gasteiger partial charge in [0.05, 0.1) is 10.6 Å². The van der Waals surface area contributed by atoms with E-state index < -0.39 is 34.3 Å². The van der Waals surface area contributed by atoms with Crippen LogP contribution in [0.3, 0.4) is 0 Å². The minimum Gasteiger partial charge on any atom is -0.354 e. The van der Waals surface area contributed by atoms with Crippen molar-refractivity contribution in [3.8, 4) is 0 Å². The van der Waals surface area contributed by atoms with Gasteiger partial charge in [0.25, 0.3) is 10.0 Å². The fourth-order valence-corrected chi connectivity index (χ4v) is 5.74. The standard InChI is InChI=1S/C31H38FN3O4S/c1-5-7-20-33-31(37)28(6-2)34(21-25-16-12-23(3)13-17-25)30(36)22-35(29-11-9-8-10-27(29)32)40(38,39)26-18-14-24(4)15-19-26/h8-19,28H,5-7,20-22H2,1-4H3,(H,33,37). The van der Waals surface area contributed by atoms with E-state index in [4.69, 9.17) is 0 Å². The SMILES string of the molecule is CCCCNC(=O)C(CC)N(Cc1ccc(C)cc1)C(=O)CN(c1ccccc1F)S(=O)(=O)c1ccc(C)cc1. The van der Waals surface area contributed by atoms with Crippen molar-refractivity contribution in [2.24, 2.45) is 0 Å². The van der Waals surface area contributed by atoms with Gasteiger partial charge < -0.3 is 10.2 Å². The van der Waals surface area contributed by atoms with E-state index >= 15 is 4.39 Å². The summed E-state index contributed by atoms with van der Waals surface area (Å²) < 4.78 is 43.4. The summed E-state index contributed by atoms with van der Waals surface area (Å²) in [7, 11) is -4.33. The molecule has 0 saturated carbocycles. The zero-order valence-electron chi connectivity index (χ0n) is 23.6. The minimum absolute atomic E-state index is 0.0661. The number of unbranched alkanes of at least 4 members (excludes halogenated alkanes) is 1. The molecule has 40 heavy (non-hydrogen) atoms. The van der Waals surface area contributed by atoms with E-state index in [1.165, 1.54) is 35.2 Å². The molecule has 1 atom stereocenters. The van der Waals surface area contributed by atoms with Crippen LogP contribution in [0.2, 0.25) is 0 Å². The largest absolute Gasteiger partial charge is 0.354 e. The number of aryl methyl sites for hydroxylation is 2. The third-order valence-electron chi connectivity index (χ3n) is 6.70. The Morgan fingerprint density at radius 3 is 2.08 bits per heavy atom. The summed E-state index contributed by atoms with van der Waals surface area (Å²) in [5, 5.41) is 2.90. The number of nitrogens with one attached hydrogen (secondary N) is 1. The molecule has 2 amide bonds. The molecule has 7 nitrogen and oxygen atoms in total. The highest BCUT2D eigenvalue weighted by atomic mass is 32.2. The van der Waals surface area contributed by atoms with Crippen molar-refractivity contribution in [2.45, 2.75) is 64.4 Å². The lowest BCUT2D eigenvalue weighted by Gasteiger charge is -2.33. The molecule has 0 bridgehead atoms. The lowest BCUT2D eigenvalue weighted by Crippen LogP contribution is -2.52. The lowest BCUT2D eigenvalue weighted by molar-refractivity contribution is -0.140. The molecule has 3 rings (SSSR count). The van der Waals surface area contributed by atoms with Gasteiger partial charge in [-0.3, -0.25) is 13.9 Å². The van der Waals surface area contributed by atoms with Crippen LogP contribution in [0.1, 0.15) is 49.8 Å². The van der Waals surface area contributed by atoms with Crippen molar-refractivity contribution in [3.05, 3.63) is 95.3 Å². The first-order chi connectivity index (χ1) is 19.1. The third-order valence-corrected chi connectivity index (χ3v) is 8.47. The monoisotopic (exact) mass is 567 g/mol. The van der Waals surface area contributed by atoms with E-state index in [2.05, 4.69) is 5.32 Å². The molecule has 1 N–H and O–H groups in total. The molecule has 0 aliphatic heterocycles. The lowest BCUT2D eigenvalue weighted by atomic mass is 10.1. The zero-order valence-corrected chi connectivity index (χ0v) is 24.4. The number of anilines is 1. The van der Waals surface area contributed by atoms with Gasteiger partial charge >= 0.3 is 0 Å². The second kappa shape index (κ2) is 14.1. The Bertz CT molecular complexity index is 1390. The Morgan fingerprint density at radius 1 is 0.900 bits per heavy atom. The highest BCUT2D eigenvalue weighted by Gasteiger charge is 2.34. The van der Waals surface area contributed by atoms with Gasteiger partial charge in [-0.25, -0.2) is 12.8 Å². The van der Waals surface area contributed by atoms with Gasteiger partial charge in [0, 0.05) is 13.1 Å². The molecule has 0 saturated heterocycles. The second-order valence-corrected chi connectivity index (χ2v) is 11.7. The Morgan fingerprint density at radius 2 is 1.50 bits per heavy atom. The summed E-state index contributed by atoms with van der Waals surface area (Å²) in [6.07, 6.45) is 2.02. The predicted molar refractivity (Wildman–Crippen MR) is 156 cm³/mol. The molecule has 0 fully saturated rings. The fraction of sp³-hybridized carbons (Fsp3) is 0.355. The summed E-state index contributed by atoms with van der Waals surface area (Å²) in [4.78, 5) is 28.5. The molecule has 0 aliphatic rings. The third kappa shape index (κ3) is 7.69. The first-order valence-electron chi connectivity index (χ1n) is 13.5. The number of hydrogen-bond acceptors (Lipinski definition) is 4. The highest BCUT2D eigenvalue weighted by Crippen LogP contribution is 2.27. The molecule has 0 heterocycles. The average molecular weight is 568 g/mol. The Hall–Kier alpha value is -3.72. The van der Waals surface area contributed by atoms with Crippen molar-refractivity contribution >= 4 is 27.5 Å². The highest BCUT2D eigenvalue weighted by molar-refractivity contribution is 7.92. The quantitative estimate of drug-likeness (QED) is 0.282. The Kier molecular flexibility index (Phi) is 10.8. The maximum Gasteiger partial charge on any atom is 0.264 e. The summed E-state index contributed by atoms with van der Waals surface area (Å²) in [6.45, 7) is 7.48. The van der Waals surface area contributed by atoms with Crippen LogP contribution in [0.4, 0.5) is 10.1 Å². The molecular formula is C31H38FN3O4S. The van der Waals surface area contributed by atoms with Crippen molar-refractivity contribution in [2.75, 3.05) is 17.4 Å². The fourth-order valence-electron chi connectivity index (χ4n) is 4.32. The van der Waals surface area contributed by atoms with Crippen molar-refractivity contribution in [1.82, 2.24) is 10.2 Å². The summed E-state index contributed by atoms with van der Waals surface area (Å²) >= 11 is 0. The number of sulfonamides is 1. The van der Waals surface area contributed by atoms with Gasteiger partial charge in [-0.05, 0) is 56.5 Å². The van der Waals surface area contributed by atoms with Gasteiger partial charge in [-0.2, -0.15) is 0 Å². The zero-order chi connectivity index (χ0) is 29.3. The first kappa shape index (κ1) is 30.8. The van der Waals surface area contributed by atoms with Gasteiger partial charge in [0.1, 0.15) is 18.4 Å². The molecule has 0 aromatic heterocycles. The van der Waals surface area contributed by atoms with E-state index in [1.54, 1.807) is 19.1 Å². The maximum atomic E-state index is 15.0. The molecule has 9 heteroatoms. The van der Waals surface area contributed by atoms with Crippen LogP contribution >= 0.6 is 0 Å². The van der Waals surface area contributed by atoms with Crippen LogP contribution in [0, 0.1) is 19.7 Å². The van der Waals surface area contributed by atoms with Gasteiger partial charge in [-0.1, -0.05) is 79.9 Å². The summed E-state index contributed by atoms with van der Waals surface area (Å²) in [5.74, 6) is -1.70. The summed E-state index contributed by atoms with van der Waals surface area (Å²) in [6, 6.07) is 18.3. The van der Waals surface area contributed by atoms with E-state index in [0.29, 0.717) is 13.0 Å². The van der Waals surface area contributed by atoms with E-state index in [1.807, 2.05) is 45.0 Å². The van der Waals surface area contributed by atoms with Crippen LogP contribution in [0.25, 0.3) is 0 Å². The van der Waals surface area contributed by atoms with Gasteiger partial charge in [-0.15, -0.1) is 0 Å². The number of nitrogens with zero attached hydrogens (tertiary/aromatic N) is 2. The van der Waals surface area contributed by atoms with Crippen LogP contribution in [-0.4, -0.2) is 44.3 Å². The number of halogens is 1. The molecule has 1 unspecified atom stereocenters. The number of carbonyl (C=O) groups is 2. The minimum atomic E-state index is -4.33. The van der Waals surface area contributed by atoms with Crippen LogP contribution in [0.5, 0.6) is 0 Å². The topological polar surface area (TPSA) is 86.8 Å². The number of hydrogen-bond donors (Lipinski definition) is 1. The van der Waals surface area contributed by atoms with Crippen molar-refractivity contribution in [1.29, 1.82) is 0 Å². The molecule has 0 radical (unpaired) electrons. The van der Waals surface area contributed by atoms with Crippen LogP contribution in [0.15, 0.2) is 77.7 Å². The normalized spacial score (nSPS) is 12.0. The molecule has 0 aliphatic carbocycles. The molecular weight excluding hydrogens is 529 g/mol. The Labute approximate surface area is 237 Å². The van der Waals surface area contributed by atoms with E-state index in [0.717, 1.165) is 39.9 Å². The summed E-state index contributed by atoms with van der Waals surface area (Å²) in [5.41, 5.74) is 2.45. The van der Waals surface area contributed by atoms with Crippen LogP contribution in [-0.2, 0) is 26.2 Å². The van der Waals surface area contributed by atoms with Crippen LogP contribution < -0.4 is 9.62 Å². The van der Waals surface area contributed by atoms with Gasteiger partial charge in [0.15, 0.2) is 0 Å². The van der Waals surface area contributed by atoms with Crippen molar-refractivity contribution < 1.29 is 22.4 Å². The van der Waals surface area contributed by atoms with E-state index in [-0.39, 0.29) is 23.0 Å². The number of para-hydroxylation sites is 1. The number of carbonyl (C=O) groups excluding carboxylic acids is 2.